The van der Waals surface area contributed by atoms with E-state index in [2.05, 4.69) is 24.5 Å². The third-order valence-corrected chi connectivity index (χ3v) is 15.9. The molecule has 0 radical (unpaired) electrons. The molecule has 0 aromatic heterocycles. The van der Waals surface area contributed by atoms with Gasteiger partial charge in [-0.1, -0.05) is 180 Å². The predicted molar refractivity (Wildman–Crippen MR) is 299 cm³/mol. The van der Waals surface area contributed by atoms with Crippen LogP contribution in [0.4, 0.5) is 0 Å². The maximum atomic E-state index is 13.4. The van der Waals surface area contributed by atoms with E-state index >= 15 is 0 Å². The summed E-state index contributed by atoms with van der Waals surface area (Å²) in [5, 5.41) is 138. The van der Waals surface area contributed by atoms with E-state index in [9.17, 15) is 75.7 Å². The van der Waals surface area contributed by atoms with Crippen LogP contribution in [0.25, 0.3) is 0 Å². The van der Waals surface area contributed by atoms with Crippen molar-refractivity contribution in [3.8, 4) is 0 Å². The quantitative estimate of drug-likeness (QED) is 0.0194. The third-order valence-electron chi connectivity index (χ3n) is 15.9. The van der Waals surface area contributed by atoms with Crippen molar-refractivity contribution in [3.05, 3.63) is 12.2 Å². The van der Waals surface area contributed by atoms with Crippen molar-refractivity contribution in [1.82, 2.24) is 10.6 Å². The fourth-order valence-corrected chi connectivity index (χ4v) is 10.9. The van der Waals surface area contributed by atoms with Crippen LogP contribution in [0.15, 0.2) is 12.2 Å². The van der Waals surface area contributed by atoms with Crippen molar-refractivity contribution in [1.29, 1.82) is 0 Å². The summed E-state index contributed by atoms with van der Waals surface area (Å²) in [5.74, 6) is -6.52. The van der Waals surface area contributed by atoms with Gasteiger partial charge < -0.3 is 105 Å². The summed E-state index contributed by atoms with van der Waals surface area (Å²) in [4.78, 5) is 38.2. The Morgan fingerprint density at radius 3 is 1.63 bits per heavy atom. The second-order valence-electron chi connectivity index (χ2n) is 22.9. The number of hydrogen-bond donors (Lipinski definition) is 13. The van der Waals surface area contributed by atoms with Gasteiger partial charge in [0.05, 0.1) is 50.7 Å². The molecule has 18 atom stereocenters. The number of aliphatic carboxylic acids is 1. The maximum absolute atomic E-state index is 13.4. The minimum atomic E-state index is -3.19. The molecule has 480 valence electrons. The van der Waals surface area contributed by atoms with E-state index in [1.807, 2.05) is 6.08 Å². The molecular weight excluding hydrogens is 1100 g/mol. The molecule has 3 fully saturated rings. The van der Waals surface area contributed by atoms with Crippen molar-refractivity contribution < 1.29 is 134 Å². The molecule has 23 nitrogen and oxygen atoms in total. The van der Waals surface area contributed by atoms with E-state index < -0.39 is 155 Å². The fourth-order valence-electron chi connectivity index (χ4n) is 10.9. The Morgan fingerprint density at radius 2 is 1.14 bits per heavy atom. The average molecular weight is 1200 g/mol. The SMILES string of the molecule is CCCCCCCCCCCCCC=C[C@@H](O)[C@H](CO[C@@H]1O[C@H](CO)[C@@H](O[C@@H]2O[C@H](CO)[C@H](O)[C@H](O[C@]3(C(=O)[O-])C[C@H](O)[C@@H](NC(C)=O)[C@H]([C@H](O)[C@H](O)CO)O3)[C@H]2O)[C@H](O)[C@H]1O)NC(=O)CCCCCCCCCCCCCCCCC.[Na+]. The molecule has 3 saturated heterocycles. The standard InChI is InChI=1S/C59H108N2O21.Na/c1-4-6-8-10-12-14-16-18-19-21-23-25-27-29-31-33-46(69)61-40(41(66)32-30-28-26-24-22-20-17-15-13-11-9-7-5-2)38-77-56-51(73)50(72)53(45(37-64)79-56)80-57-52(74)55(49(71)44(36-63)78-57)82-59(58(75)76)34-42(67)47(60-39(3)65)54(81-59)48(70)43(68)35-62;/h30,32,40-45,47-57,62-64,66-68,70-74H,4-29,31,33-38H2,1-3H3,(H,60,65)(H,61,69)(H,75,76);/q;+1/p-1/t40-,41+,42-,43+,44+,45+,47+,48+,49-,50+,51+,52+,53+,54+,55-,56+,57-,59-;/m0./s1. The number of ether oxygens (including phenoxy) is 6. The third kappa shape index (κ3) is 27.4. The van der Waals surface area contributed by atoms with Gasteiger partial charge in [0.2, 0.25) is 17.6 Å². The normalized spacial score (nSPS) is 29.9. The number of unbranched alkanes of at least 4 members (excludes halogenated alkanes) is 25. The molecule has 24 heteroatoms. The molecule has 0 aromatic carbocycles. The van der Waals surface area contributed by atoms with Gasteiger partial charge in [-0.2, -0.15) is 0 Å². The Morgan fingerprint density at radius 1 is 0.651 bits per heavy atom. The van der Waals surface area contributed by atoms with Crippen LogP contribution in [0.1, 0.15) is 207 Å². The number of carbonyl (C=O) groups is 3. The van der Waals surface area contributed by atoms with Crippen molar-refractivity contribution in [2.24, 2.45) is 0 Å². The number of carboxylic acid groups (broad SMARTS) is 1. The Balaban J connectivity index is 0.0000235. The molecule has 3 aliphatic heterocycles. The van der Waals surface area contributed by atoms with E-state index in [1.165, 1.54) is 116 Å². The first-order chi connectivity index (χ1) is 39.4. The van der Waals surface area contributed by atoms with Gasteiger partial charge in [-0.25, -0.2) is 0 Å². The first-order valence-electron chi connectivity index (χ1n) is 31.0. The van der Waals surface area contributed by atoms with Gasteiger partial charge in [0.25, 0.3) is 0 Å². The van der Waals surface area contributed by atoms with Crippen LogP contribution >= 0.6 is 0 Å². The van der Waals surface area contributed by atoms with Gasteiger partial charge in [0, 0.05) is 19.8 Å². The summed E-state index contributed by atoms with van der Waals surface area (Å²) >= 11 is 0. The number of carbonyl (C=O) groups excluding carboxylic acids is 3. The second-order valence-corrected chi connectivity index (χ2v) is 22.9. The minimum absolute atomic E-state index is 0. The van der Waals surface area contributed by atoms with Gasteiger partial charge in [-0.15, -0.1) is 0 Å². The van der Waals surface area contributed by atoms with Crippen LogP contribution < -0.4 is 45.3 Å². The van der Waals surface area contributed by atoms with Crippen LogP contribution in [-0.4, -0.2) is 210 Å². The number of carboxylic acids is 1. The zero-order chi connectivity index (χ0) is 60.5. The topological polar surface area (TPSA) is 376 Å². The molecule has 3 heterocycles. The Kier molecular flexibility index (Phi) is 41.1. The number of hydrogen-bond acceptors (Lipinski definition) is 21. The number of aliphatic hydroxyl groups excluding tert-OH is 11. The Labute approximate surface area is 514 Å². The van der Waals surface area contributed by atoms with E-state index in [0.717, 1.165) is 51.9 Å². The summed E-state index contributed by atoms with van der Waals surface area (Å²) in [7, 11) is 0. The molecule has 0 spiro atoms. The van der Waals surface area contributed by atoms with Crippen molar-refractivity contribution >= 4 is 17.8 Å². The molecule has 0 bridgehead atoms. The molecule has 0 aliphatic carbocycles. The molecule has 13 N–H and O–H groups in total. The van der Waals surface area contributed by atoms with Crippen LogP contribution in [0.5, 0.6) is 0 Å². The van der Waals surface area contributed by atoms with Crippen LogP contribution in [-0.2, 0) is 42.8 Å². The molecule has 3 aliphatic rings. The number of amides is 2. The van der Waals surface area contributed by atoms with E-state index in [1.54, 1.807) is 6.08 Å². The summed E-state index contributed by atoms with van der Waals surface area (Å²) < 4.78 is 34.5. The first-order valence-corrected chi connectivity index (χ1v) is 31.0. The van der Waals surface area contributed by atoms with Gasteiger partial charge in [0.15, 0.2) is 12.6 Å². The van der Waals surface area contributed by atoms with Gasteiger partial charge in [-0.05, 0) is 19.3 Å². The Hall–Kier alpha value is -1.53. The molecule has 83 heavy (non-hydrogen) atoms. The molecule has 2 amide bonds. The van der Waals surface area contributed by atoms with Gasteiger partial charge >= 0.3 is 29.6 Å². The van der Waals surface area contributed by atoms with Crippen LogP contribution in [0.3, 0.4) is 0 Å². The molecule has 0 unspecified atom stereocenters. The minimum Gasteiger partial charge on any atom is -0.544 e. The Bertz CT molecular complexity index is 1740. The maximum Gasteiger partial charge on any atom is 1.00 e. The fraction of sp³-hybridized carbons (Fsp3) is 0.915. The zero-order valence-corrected chi connectivity index (χ0v) is 52.3. The zero-order valence-electron chi connectivity index (χ0n) is 50.3. The molecule has 0 aromatic rings. The summed E-state index contributed by atoms with van der Waals surface area (Å²) in [6.45, 7) is 2.04. The van der Waals surface area contributed by atoms with Crippen LogP contribution in [0, 0.1) is 0 Å². The number of nitrogens with one attached hydrogen (secondary N) is 2. The summed E-state index contributed by atoms with van der Waals surface area (Å²) in [6.07, 6.45) is 5.17. The van der Waals surface area contributed by atoms with E-state index in [4.69, 9.17) is 28.4 Å². The number of aliphatic hydroxyl groups is 11. The molecular formula is C59H107N2NaO21. The van der Waals surface area contributed by atoms with Crippen molar-refractivity contribution in [2.75, 3.05) is 26.4 Å². The van der Waals surface area contributed by atoms with E-state index in [0.29, 0.717) is 12.8 Å². The monoisotopic (exact) mass is 1200 g/mol. The first kappa shape index (κ1) is 77.6. The van der Waals surface area contributed by atoms with Gasteiger partial charge in [-0.3, -0.25) is 9.59 Å². The second kappa shape index (κ2) is 44.0. The van der Waals surface area contributed by atoms with Crippen LogP contribution in [0.2, 0.25) is 0 Å². The summed E-state index contributed by atoms with van der Waals surface area (Å²) in [5.41, 5.74) is 0. The average Bonchev–Trinajstić information content (AvgIpc) is 3.65. The predicted octanol–water partition coefficient (Wildman–Crippen LogP) is -1.17. The molecule has 3 rings (SSSR count). The van der Waals surface area contributed by atoms with Crippen molar-refractivity contribution in [3.63, 3.8) is 0 Å². The smallest absolute Gasteiger partial charge is 0.544 e. The molecule has 0 saturated carbocycles. The van der Waals surface area contributed by atoms with Crippen molar-refractivity contribution in [2.45, 2.75) is 317 Å². The van der Waals surface area contributed by atoms with E-state index in [-0.39, 0.29) is 41.9 Å². The number of rotatable bonds is 45. The summed E-state index contributed by atoms with van der Waals surface area (Å²) in [6, 6.07) is -2.64. The number of allylic oxidation sites excluding steroid dienone is 1. The largest absolute Gasteiger partial charge is 1.00 e. The van der Waals surface area contributed by atoms with Gasteiger partial charge in [0.1, 0.15) is 73.1 Å².